The van der Waals surface area contributed by atoms with Crippen molar-refractivity contribution in [1.82, 2.24) is 10.3 Å². The SMILES string of the molecule is Nc1c[nH]cc1[C@H]1CCCCN1. The number of H-pyrrole nitrogens is 1. The molecule has 0 unspecified atom stereocenters. The van der Waals surface area contributed by atoms with E-state index < -0.39 is 0 Å². The van der Waals surface area contributed by atoms with Crippen LogP contribution in [0.5, 0.6) is 0 Å². The van der Waals surface area contributed by atoms with E-state index in [1.54, 1.807) is 0 Å². The second kappa shape index (κ2) is 3.19. The van der Waals surface area contributed by atoms with Crippen molar-refractivity contribution in [3.8, 4) is 0 Å². The van der Waals surface area contributed by atoms with E-state index in [1.165, 1.54) is 24.8 Å². The number of aromatic amines is 1. The monoisotopic (exact) mass is 165 g/mol. The first kappa shape index (κ1) is 7.68. The highest BCUT2D eigenvalue weighted by Crippen LogP contribution is 2.26. The molecule has 0 aliphatic carbocycles. The van der Waals surface area contributed by atoms with Crippen molar-refractivity contribution >= 4 is 5.69 Å². The van der Waals surface area contributed by atoms with Gasteiger partial charge in [-0.05, 0) is 19.4 Å². The molecule has 1 aliphatic heterocycles. The van der Waals surface area contributed by atoms with E-state index in [9.17, 15) is 0 Å². The van der Waals surface area contributed by atoms with Crippen molar-refractivity contribution in [2.45, 2.75) is 25.3 Å². The summed E-state index contributed by atoms with van der Waals surface area (Å²) in [4.78, 5) is 3.03. The first-order chi connectivity index (χ1) is 5.88. The van der Waals surface area contributed by atoms with Gasteiger partial charge in [0, 0.05) is 24.0 Å². The summed E-state index contributed by atoms with van der Waals surface area (Å²) >= 11 is 0. The minimum Gasteiger partial charge on any atom is -0.397 e. The van der Waals surface area contributed by atoms with Crippen LogP contribution in [0.1, 0.15) is 30.9 Å². The molecule has 66 valence electrons. The van der Waals surface area contributed by atoms with Gasteiger partial charge in [-0.15, -0.1) is 0 Å². The van der Waals surface area contributed by atoms with Crippen LogP contribution >= 0.6 is 0 Å². The third-order valence-electron chi connectivity index (χ3n) is 2.50. The van der Waals surface area contributed by atoms with Crippen LogP contribution in [0.4, 0.5) is 5.69 Å². The van der Waals surface area contributed by atoms with Crippen LogP contribution in [0, 0.1) is 0 Å². The summed E-state index contributed by atoms with van der Waals surface area (Å²) in [5.74, 6) is 0. The lowest BCUT2D eigenvalue weighted by Crippen LogP contribution is -2.26. The second-order valence-corrected chi connectivity index (χ2v) is 3.37. The van der Waals surface area contributed by atoms with E-state index in [-0.39, 0.29) is 0 Å². The van der Waals surface area contributed by atoms with Gasteiger partial charge in [-0.25, -0.2) is 0 Å². The molecule has 1 atom stereocenters. The Morgan fingerprint density at radius 3 is 2.83 bits per heavy atom. The minimum atomic E-state index is 0.477. The first-order valence-corrected chi connectivity index (χ1v) is 4.53. The maximum Gasteiger partial charge on any atom is 0.0540 e. The van der Waals surface area contributed by atoms with E-state index in [1.807, 2.05) is 12.4 Å². The molecule has 4 N–H and O–H groups in total. The molecule has 0 aromatic carbocycles. The van der Waals surface area contributed by atoms with Crippen molar-refractivity contribution in [2.75, 3.05) is 12.3 Å². The first-order valence-electron chi connectivity index (χ1n) is 4.53. The zero-order chi connectivity index (χ0) is 8.39. The highest BCUT2D eigenvalue weighted by atomic mass is 14.9. The van der Waals surface area contributed by atoms with Gasteiger partial charge in [0.05, 0.1) is 5.69 Å². The summed E-state index contributed by atoms with van der Waals surface area (Å²) in [5.41, 5.74) is 7.92. The highest BCUT2D eigenvalue weighted by Gasteiger charge is 2.16. The van der Waals surface area contributed by atoms with Crippen molar-refractivity contribution < 1.29 is 0 Å². The quantitative estimate of drug-likeness (QED) is 0.589. The molecule has 3 nitrogen and oxygen atoms in total. The Hall–Kier alpha value is -0.960. The van der Waals surface area contributed by atoms with Crippen molar-refractivity contribution in [3.05, 3.63) is 18.0 Å². The number of hydrogen-bond acceptors (Lipinski definition) is 2. The van der Waals surface area contributed by atoms with E-state index in [0.29, 0.717) is 6.04 Å². The average Bonchev–Trinajstić information content (AvgIpc) is 2.53. The van der Waals surface area contributed by atoms with Crippen LogP contribution in [0.25, 0.3) is 0 Å². The fourth-order valence-electron chi connectivity index (χ4n) is 1.81. The number of rotatable bonds is 1. The summed E-state index contributed by atoms with van der Waals surface area (Å²) in [6, 6.07) is 0.477. The van der Waals surface area contributed by atoms with E-state index in [4.69, 9.17) is 5.73 Å². The number of nitrogens with one attached hydrogen (secondary N) is 2. The Morgan fingerprint density at radius 2 is 2.25 bits per heavy atom. The second-order valence-electron chi connectivity index (χ2n) is 3.37. The molecule has 3 heteroatoms. The molecule has 1 aliphatic rings. The van der Waals surface area contributed by atoms with Gasteiger partial charge in [0.2, 0.25) is 0 Å². The standard InChI is InChI=1S/C9H15N3/c10-8-6-11-5-7(8)9-3-1-2-4-12-9/h5-6,9,11-12H,1-4,10H2/t9-/m1/s1. The third-order valence-corrected chi connectivity index (χ3v) is 2.50. The Bertz CT molecular complexity index is 248. The summed E-state index contributed by atoms with van der Waals surface area (Å²) < 4.78 is 0. The summed E-state index contributed by atoms with van der Waals surface area (Å²) in [7, 11) is 0. The van der Waals surface area contributed by atoms with Gasteiger partial charge >= 0.3 is 0 Å². The number of nitrogens with two attached hydrogens (primary N) is 1. The van der Waals surface area contributed by atoms with E-state index in [0.717, 1.165) is 12.2 Å². The number of piperidine rings is 1. The molecular formula is C9H15N3. The molecule has 0 saturated carbocycles. The fourth-order valence-corrected chi connectivity index (χ4v) is 1.81. The molecular weight excluding hydrogens is 150 g/mol. The fraction of sp³-hybridized carbons (Fsp3) is 0.556. The molecule has 0 spiro atoms. The maximum atomic E-state index is 5.80. The lowest BCUT2D eigenvalue weighted by molar-refractivity contribution is 0.413. The van der Waals surface area contributed by atoms with Crippen molar-refractivity contribution in [2.24, 2.45) is 0 Å². The van der Waals surface area contributed by atoms with Crippen LogP contribution in [0.15, 0.2) is 12.4 Å². The lowest BCUT2D eigenvalue weighted by Gasteiger charge is -2.23. The third kappa shape index (κ3) is 1.32. The summed E-state index contributed by atoms with van der Waals surface area (Å²) in [6.07, 6.45) is 7.66. The molecule has 2 rings (SSSR count). The van der Waals surface area contributed by atoms with Crippen LogP contribution < -0.4 is 11.1 Å². The van der Waals surface area contributed by atoms with E-state index >= 15 is 0 Å². The number of anilines is 1. The zero-order valence-electron chi connectivity index (χ0n) is 7.14. The molecule has 0 amide bonds. The minimum absolute atomic E-state index is 0.477. The topological polar surface area (TPSA) is 53.8 Å². The highest BCUT2D eigenvalue weighted by molar-refractivity contribution is 5.46. The van der Waals surface area contributed by atoms with Gasteiger partial charge in [0.25, 0.3) is 0 Å². The summed E-state index contributed by atoms with van der Waals surface area (Å²) in [5, 5.41) is 3.46. The van der Waals surface area contributed by atoms with Gasteiger partial charge < -0.3 is 16.0 Å². The Morgan fingerprint density at radius 1 is 1.33 bits per heavy atom. The maximum absolute atomic E-state index is 5.80. The predicted octanol–water partition coefficient (Wildman–Crippen LogP) is 1.41. The lowest BCUT2D eigenvalue weighted by atomic mass is 9.99. The van der Waals surface area contributed by atoms with Crippen LogP contribution in [0.2, 0.25) is 0 Å². The van der Waals surface area contributed by atoms with Gasteiger partial charge in [0.15, 0.2) is 0 Å². The van der Waals surface area contributed by atoms with Gasteiger partial charge in [-0.3, -0.25) is 0 Å². The number of hydrogen-bond donors (Lipinski definition) is 3. The van der Waals surface area contributed by atoms with Crippen molar-refractivity contribution in [1.29, 1.82) is 0 Å². The largest absolute Gasteiger partial charge is 0.397 e. The summed E-state index contributed by atoms with van der Waals surface area (Å²) in [6.45, 7) is 1.12. The van der Waals surface area contributed by atoms with Gasteiger partial charge in [-0.1, -0.05) is 6.42 Å². The molecule has 0 bridgehead atoms. The zero-order valence-corrected chi connectivity index (χ0v) is 7.14. The normalized spacial score (nSPS) is 24.2. The number of aromatic nitrogens is 1. The Labute approximate surface area is 72.3 Å². The molecule has 1 fully saturated rings. The Balaban J connectivity index is 2.13. The van der Waals surface area contributed by atoms with Gasteiger partial charge in [0.1, 0.15) is 0 Å². The van der Waals surface area contributed by atoms with Crippen LogP contribution in [-0.4, -0.2) is 11.5 Å². The van der Waals surface area contributed by atoms with Gasteiger partial charge in [-0.2, -0.15) is 0 Å². The predicted molar refractivity (Wildman–Crippen MR) is 49.8 cm³/mol. The molecule has 2 heterocycles. The number of nitrogen functional groups attached to an aromatic ring is 1. The Kier molecular flexibility index (Phi) is 2.04. The molecule has 0 radical (unpaired) electrons. The molecule has 1 aromatic rings. The van der Waals surface area contributed by atoms with Crippen LogP contribution in [-0.2, 0) is 0 Å². The molecule has 12 heavy (non-hydrogen) atoms. The van der Waals surface area contributed by atoms with E-state index in [2.05, 4.69) is 10.3 Å². The average molecular weight is 165 g/mol. The molecule has 1 aromatic heterocycles. The molecule has 1 saturated heterocycles. The van der Waals surface area contributed by atoms with Crippen molar-refractivity contribution in [3.63, 3.8) is 0 Å². The smallest absolute Gasteiger partial charge is 0.0540 e. The van der Waals surface area contributed by atoms with Crippen LogP contribution in [0.3, 0.4) is 0 Å².